The van der Waals surface area contributed by atoms with E-state index in [1.54, 1.807) is 43.3 Å². The number of amides is 3. The van der Waals surface area contributed by atoms with Crippen LogP contribution in [0.25, 0.3) is 22.4 Å². The first-order chi connectivity index (χ1) is 13.9. The first-order valence-corrected chi connectivity index (χ1v) is 9.15. The van der Waals surface area contributed by atoms with Crippen molar-refractivity contribution >= 4 is 28.8 Å². The number of aromatic nitrogens is 1. The molecule has 2 heterocycles. The van der Waals surface area contributed by atoms with Crippen LogP contribution in [0.5, 0.6) is 0 Å². The molecule has 1 aromatic carbocycles. The average molecular weight is 395 g/mol. The van der Waals surface area contributed by atoms with Gasteiger partial charge >= 0.3 is 12.0 Å². The number of imide groups is 1. The number of carbonyl (C=O) groups is 3. The molecule has 8 nitrogen and oxygen atoms in total. The van der Waals surface area contributed by atoms with Crippen molar-refractivity contribution in [2.75, 3.05) is 6.54 Å². The van der Waals surface area contributed by atoms with E-state index in [0.29, 0.717) is 28.9 Å². The number of hydrogen-bond donors (Lipinski definition) is 2. The van der Waals surface area contributed by atoms with Crippen LogP contribution in [0, 0.1) is 6.92 Å². The summed E-state index contributed by atoms with van der Waals surface area (Å²) in [5.41, 5.74) is 1.31. The van der Waals surface area contributed by atoms with Crippen molar-refractivity contribution in [2.45, 2.75) is 26.9 Å². The number of urea groups is 1. The van der Waals surface area contributed by atoms with Crippen molar-refractivity contribution in [1.82, 2.24) is 15.6 Å². The summed E-state index contributed by atoms with van der Waals surface area (Å²) in [6.07, 6.45) is -1.16. The van der Waals surface area contributed by atoms with Crippen LogP contribution in [0.4, 0.5) is 4.79 Å². The molecule has 3 aromatic rings. The lowest BCUT2D eigenvalue weighted by molar-refractivity contribution is -0.127. The van der Waals surface area contributed by atoms with E-state index in [4.69, 9.17) is 9.15 Å². The summed E-state index contributed by atoms with van der Waals surface area (Å²) >= 11 is 0. The molecule has 0 radical (unpaired) electrons. The molecule has 1 atom stereocenters. The molecule has 0 aliphatic heterocycles. The highest BCUT2D eigenvalue weighted by Gasteiger charge is 2.23. The van der Waals surface area contributed by atoms with E-state index in [1.165, 1.54) is 6.92 Å². The number of pyridine rings is 1. The molecule has 0 aliphatic carbocycles. The van der Waals surface area contributed by atoms with Crippen molar-refractivity contribution in [3.8, 4) is 11.5 Å². The molecule has 1 unspecified atom stereocenters. The molecule has 0 bridgehead atoms. The van der Waals surface area contributed by atoms with Gasteiger partial charge in [0.2, 0.25) is 0 Å². The number of nitrogens with zero attached hydrogens (tertiary/aromatic N) is 1. The number of fused-ring (bicyclic) bond motifs is 1. The number of hydrogen-bond acceptors (Lipinski definition) is 6. The highest BCUT2D eigenvalue weighted by Crippen LogP contribution is 2.27. The van der Waals surface area contributed by atoms with Crippen LogP contribution >= 0.6 is 0 Å². The van der Waals surface area contributed by atoms with Gasteiger partial charge in [-0.2, -0.15) is 0 Å². The van der Waals surface area contributed by atoms with Gasteiger partial charge in [0.15, 0.2) is 11.9 Å². The molecule has 0 fully saturated rings. The maximum Gasteiger partial charge on any atom is 0.339 e. The van der Waals surface area contributed by atoms with Gasteiger partial charge in [0.25, 0.3) is 5.91 Å². The van der Waals surface area contributed by atoms with Gasteiger partial charge in [-0.05, 0) is 45.0 Å². The largest absolute Gasteiger partial charge is 0.460 e. The molecule has 0 aliphatic rings. The molecule has 3 amide bonds. The molecule has 0 saturated heterocycles. The molecule has 0 spiro atoms. The lowest BCUT2D eigenvalue weighted by Gasteiger charge is -2.14. The van der Waals surface area contributed by atoms with Crippen LogP contribution in [0.1, 0.15) is 30.0 Å². The Hall–Kier alpha value is -3.68. The van der Waals surface area contributed by atoms with Gasteiger partial charge in [-0.3, -0.25) is 10.1 Å². The number of nitrogens with one attached hydrogen (secondary N) is 2. The number of benzene rings is 1. The van der Waals surface area contributed by atoms with Crippen LogP contribution < -0.4 is 10.6 Å². The van der Waals surface area contributed by atoms with Gasteiger partial charge in [0, 0.05) is 11.9 Å². The molecule has 29 heavy (non-hydrogen) atoms. The van der Waals surface area contributed by atoms with Gasteiger partial charge < -0.3 is 14.5 Å². The normalized spacial score (nSPS) is 11.7. The van der Waals surface area contributed by atoms with E-state index < -0.39 is 24.0 Å². The van der Waals surface area contributed by atoms with Crippen molar-refractivity contribution in [2.24, 2.45) is 0 Å². The molecule has 8 heteroatoms. The fourth-order valence-electron chi connectivity index (χ4n) is 2.74. The molecule has 0 saturated carbocycles. The second-order valence-electron chi connectivity index (χ2n) is 6.38. The molecular formula is C21H21N3O5. The highest BCUT2D eigenvalue weighted by molar-refractivity contribution is 6.05. The van der Waals surface area contributed by atoms with E-state index >= 15 is 0 Å². The first kappa shape index (κ1) is 20.1. The molecular weight excluding hydrogens is 374 g/mol. The minimum Gasteiger partial charge on any atom is -0.460 e. The minimum atomic E-state index is -1.16. The molecule has 3 rings (SSSR count). The topological polar surface area (TPSA) is 111 Å². The van der Waals surface area contributed by atoms with Crippen LogP contribution in [0.3, 0.4) is 0 Å². The fourth-order valence-corrected chi connectivity index (χ4v) is 2.74. The standard InChI is InChI=1S/C21H21N3O5/c1-4-22-21(27)24-19(25)13(3)29-20(26)15-11-17(18-10-9-12(2)28-18)23-16-8-6-5-7-14(15)16/h5-11,13H,4H2,1-3H3,(H2,22,24,25,27). The summed E-state index contributed by atoms with van der Waals surface area (Å²) in [5.74, 6) is -0.185. The number of para-hydroxylation sites is 1. The van der Waals surface area contributed by atoms with Crippen LogP contribution in [-0.2, 0) is 9.53 Å². The van der Waals surface area contributed by atoms with Crippen molar-refractivity contribution in [3.63, 3.8) is 0 Å². The molecule has 2 N–H and O–H groups in total. The third-order valence-electron chi connectivity index (χ3n) is 4.16. The third-order valence-corrected chi connectivity index (χ3v) is 4.16. The van der Waals surface area contributed by atoms with Crippen molar-refractivity contribution in [3.05, 3.63) is 53.8 Å². The van der Waals surface area contributed by atoms with Crippen molar-refractivity contribution < 1.29 is 23.5 Å². The number of rotatable bonds is 5. The Morgan fingerprint density at radius 2 is 1.93 bits per heavy atom. The monoisotopic (exact) mass is 395 g/mol. The van der Waals surface area contributed by atoms with E-state index in [0.717, 1.165) is 5.76 Å². The summed E-state index contributed by atoms with van der Waals surface area (Å²) in [6.45, 7) is 5.30. The zero-order valence-electron chi connectivity index (χ0n) is 16.3. The fraction of sp³-hybridized carbons (Fsp3) is 0.238. The predicted octanol–water partition coefficient (Wildman–Crippen LogP) is 3.19. The van der Waals surface area contributed by atoms with Crippen LogP contribution in [0.15, 0.2) is 46.9 Å². The Morgan fingerprint density at radius 3 is 2.62 bits per heavy atom. The Morgan fingerprint density at radius 1 is 1.17 bits per heavy atom. The summed E-state index contributed by atoms with van der Waals surface area (Å²) < 4.78 is 10.9. The third kappa shape index (κ3) is 4.60. The SMILES string of the molecule is CCNC(=O)NC(=O)C(C)OC(=O)c1cc(-c2ccc(C)o2)nc2ccccc12. The Balaban J connectivity index is 1.88. The summed E-state index contributed by atoms with van der Waals surface area (Å²) in [4.78, 5) is 40.9. The van der Waals surface area contributed by atoms with Gasteiger partial charge in [-0.25, -0.2) is 14.6 Å². The lowest BCUT2D eigenvalue weighted by atomic mass is 10.1. The van der Waals surface area contributed by atoms with Gasteiger partial charge in [0.05, 0.1) is 11.1 Å². The average Bonchev–Trinajstić information content (AvgIpc) is 3.13. The zero-order valence-corrected chi connectivity index (χ0v) is 16.3. The quantitative estimate of drug-likeness (QED) is 0.642. The predicted molar refractivity (Wildman–Crippen MR) is 106 cm³/mol. The van der Waals surface area contributed by atoms with Crippen LogP contribution in [-0.4, -0.2) is 35.5 Å². The lowest BCUT2D eigenvalue weighted by Crippen LogP contribution is -2.44. The zero-order chi connectivity index (χ0) is 21.0. The maximum atomic E-state index is 12.8. The summed E-state index contributed by atoms with van der Waals surface area (Å²) in [7, 11) is 0. The van der Waals surface area contributed by atoms with E-state index in [9.17, 15) is 14.4 Å². The van der Waals surface area contributed by atoms with Crippen molar-refractivity contribution in [1.29, 1.82) is 0 Å². The van der Waals surface area contributed by atoms with E-state index in [1.807, 2.05) is 13.0 Å². The highest BCUT2D eigenvalue weighted by atomic mass is 16.5. The Kier molecular flexibility index (Phi) is 5.92. The first-order valence-electron chi connectivity index (χ1n) is 9.15. The second-order valence-corrected chi connectivity index (χ2v) is 6.38. The number of carbonyl (C=O) groups excluding carboxylic acids is 3. The smallest absolute Gasteiger partial charge is 0.339 e. The van der Waals surface area contributed by atoms with Gasteiger partial charge in [0.1, 0.15) is 11.5 Å². The maximum absolute atomic E-state index is 12.8. The summed E-state index contributed by atoms with van der Waals surface area (Å²) in [6, 6.07) is 11.6. The van der Waals surface area contributed by atoms with E-state index in [2.05, 4.69) is 15.6 Å². The summed E-state index contributed by atoms with van der Waals surface area (Å²) in [5, 5.41) is 5.14. The van der Waals surface area contributed by atoms with Gasteiger partial charge in [-0.15, -0.1) is 0 Å². The molecule has 150 valence electrons. The number of aryl methyl sites for hydroxylation is 1. The Bertz CT molecular complexity index is 1070. The minimum absolute atomic E-state index is 0.248. The molecule has 2 aromatic heterocycles. The Labute approximate surface area is 167 Å². The number of furan rings is 1. The van der Waals surface area contributed by atoms with E-state index in [-0.39, 0.29) is 5.56 Å². The number of esters is 1. The van der Waals surface area contributed by atoms with Gasteiger partial charge in [-0.1, -0.05) is 18.2 Å². The number of ether oxygens (including phenoxy) is 1. The second kappa shape index (κ2) is 8.55. The van der Waals surface area contributed by atoms with Crippen LogP contribution in [0.2, 0.25) is 0 Å².